The molecule has 0 saturated heterocycles. The zero-order valence-electron chi connectivity index (χ0n) is 11.5. The molecule has 0 heterocycles. The van der Waals surface area contributed by atoms with E-state index in [0.29, 0.717) is 6.04 Å². The average Bonchev–Trinajstić information content (AvgIpc) is 2.29. The number of nitrogens with two attached hydrogens (primary N) is 1. The minimum absolute atomic E-state index is 0.376. The summed E-state index contributed by atoms with van der Waals surface area (Å²) in [7, 11) is 0. The summed E-state index contributed by atoms with van der Waals surface area (Å²) in [5.41, 5.74) is 8.11. The molecule has 1 unspecified atom stereocenters. The van der Waals surface area contributed by atoms with E-state index in [1.165, 1.54) is 64.2 Å². The van der Waals surface area contributed by atoms with E-state index in [1.54, 1.807) is 5.57 Å². The summed E-state index contributed by atoms with van der Waals surface area (Å²) < 4.78 is 0. The van der Waals surface area contributed by atoms with Gasteiger partial charge in [0.2, 0.25) is 0 Å². The minimum Gasteiger partial charge on any atom is -0.324 e. The second kappa shape index (κ2) is 6.58. The normalized spacial score (nSPS) is 33.4. The van der Waals surface area contributed by atoms with E-state index in [4.69, 9.17) is 5.73 Å². The molecule has 98 valence electrons. The summed E-state index contributed by atoms with van der Waals surface area (Å²) >= 11 is 0. The van der Waals surface area contributed by atoms with Gasteiger partial charge in [0.15, 0.2) is 0 Å². The first-order valence-corrected chi connectivity index (χ1v) is 7.72. The first kappa shape index (κ1) is 13.1. The topological polar surface area (TPSA) is 26.0 Å². The van der Waals surface area contributed by atoms with Crippen LogP contribution in [0.3, 0.4) is 0 Å². The Morgan fingerprint density at radius 3 is 2.53 bits per heavy atom. The lowest BCUT2D eigenvalue weighted by Gasteiger charge is -2.32. The van der Waals surface area contributed by atoms with Crippen LogP contribution < -0.4 is 5.73 Å². The zero-order valence-corrected chi connectivity index (χ0v) is 11.5. The highest BCUT2D eigenvalue weighted by Gasteiger charge is 2.25. The van der Waals surface area contributed by atoms with Gasteiger partial charge in [-0.1, -0.05) is 44.3 Å². The second-order valence-electron chi connectivity index (χ2n) is 6.28. The molecule has 0 spiro atoms. The predicted octanol–water partition coefficient (Wildman–Crippen LogP) is 4.42. The molecular formula is C16H29N. The number of hydrogen-bond acceptors (Lipinski definition) is 1. The van der Waals surface area contributed by atoms with Gasteiger partial charge < -0.3 is 5.73 Å². The summed E-state index contributed by atoms with van der Waals surface area (Å²) in [6.45, 7) is 2.39. The van der Waals surface area contributed by atoms with Crippen LogP contribution in [0.15, 0.2) is 11.6 Å². The quantitative estimate of drug-likeness (QED) is 0.704. The van der Waals surface area contributed by atoms with E-state index in [2.05, 4.69) is 13.0 Å². The lowest BCUT2D eigenvalue weighted by Crippen LogP contribution is -2.34. The maximum absolute atomic E-state index is 6.52. The highest BCUT2D eigenvalue weighted by molar-refractivity contribution is 5.12. The highest BCUT2D eigenvalue weighted by atomic mass is 14.7. The fourth-order valence-corrected chi connectivity index (χ4v) is 3.47. The van der Waals surface area contributed by atoms with Gasteiger partial charge in [-0.25, -0.2) is 0 Å². The van der Waals surface area contributed by atoms with Crippen molar-refractivity contribution in [2.45, 2.75) is 77.2 Å². The molecule has 1 saturated carbocycles. The van der Waals surface area contributed by atoms with Crippen molar-refractivity contribution in [3.05, 3.63) is 11.6 Å². The Morgan fingerprint density at radius 1 is 1.06 bits per heavy atom. The molecule has 17 heavy (non-hydrogen) atoms. The molecule has 1 nitrogen and oxygen atoms in total. The van der Waals surface area contributed by atoms with E-state index in [0.717, 1.165) is 11.8 Å². The number of rotatable bonds is 2. The number of allylic oxidation sites excluding steroid dienone is 1. The Labute approximate surface area is 107 Å². The van der Waals surface area contributed by atoms with Gasteiger partial charge in [-0.05, 0) is 50.4 Å². The molecule has 2 aliphatic carbocycles. The molecule has 1 heteroatoms. The summed E-state index contributed by atoms with van der Waals surface area (Å²) in [6.07, 6.45) is 16.1. The van der Waals surface area contributed by atoms with Gasteiger partial charge in [0.05, 0.1) is 0 Å². The Balaban J connectivity index is 1.90. The van der Waals surface area contributed by atoms with Crippen LogP contribution in [-0.4, -0.2) is 6.04 Å². The molecule has 2 N–H and O–H groups in total. The minimum atomic E-state index is 0.376. The summed E-state index contributed by atoms with van der Waals surface area (Å²) in [5.74, 6) is 1.71. The first-order chi connectivity index (χ1) is 8.27. The molecule has 1 fully saturated rings. The van der Waals surface area contributed by atoms with Crippen molar-refractivity contribution >= 4 is 0 Å². The van der Waals surface area contributed by atoms with Gasteiger partial charge in [-0.15, -0.1) is 0 Å². The van der Waals surface area contributed by atoms with Crippen LogP contribution in [0.5, 0.6) is 0 Å². The zero-order chi connectivity index (χ0) is 12.1. The molecule has 0 aliphatic heterocycles. The van der Waals surface area contributed by atoms with Gasteiger partial charge in [0.1, 0.15) is 0 Å². The van der Waals surface area contributed by atoms with Crippen molar-refractivity contribution in [3.63, 3.8) is 0 Å². The van der Waals surface area contributed by atoms with Gasteiger partial charge in [-0.2, -0.15) is 0 Å². The Morgan fingerprint density at radius 2 is 1.76 bits per heavy atom. The molecular weight excluding hydrogens is 206 g/mol. The highest BCUT2D eigenvalue weighted by Crippen LogP contribution is 2.33. The van der Waals surface area contributed by atoms with Gasteiger partial charge in [0.25, 0.3) is 0 Å². The monoisotopic (exact) mass is 235 g/mol. The van der Waals surface area contributed by atoms with Crippen molar-refractivity contribution in [1.29, 1.82) is 0 Å². The third-order valence-electron chi connectivity index (χ3n) is 4.82. The number of hydrogen-bond donors (Lipinski definition) is 1. The summed E-state index contributed by atoms with van der Waals surface area (Å²) in [5, 5.41) is 0. The molecule has 2 rings (SSSR count). The van der Waals surface area contributed by atoms with E-state index in [9.17, 15) is 0 Å². The smallest absolute Gasteiger partial charge is 0.0282 e. The Hall–Kier alpha value is -0.300. The van der Waals surface area contributed by atoms with Crippen LogP contribution in [-0.2, 0) is 0 Å². The average molecular weight is 235 g/mol. The fraction of sp³-hybridized carbons (Fsp3) is 0.875. The molecule has 0 aromatic carbocycles. The van der Waals surface area contributed by atoms with Gasteiger partial charge in [-0.3, -0.25) is 0 Å². The van der Waals surface area contributed by atoms with Crippen molar-refractivity contribution < 1.29 is 0 Å². The van der Waals surface area contributed by atoms with Gasteiger partial charge in [0, 0.05) is 6.04 Å². The van der Waals surface area contributed by atoms with Crippen LogP contribution in [0.1, 0.15) is 71.1 Å². The summed E-state index contributed by atoms with van der Waals surface area (Å²) in [4.78, 5) is 0. The maximum Gasteiger partial charge on any atom is 0.0282 e. The molecule has 0 aromatic heterocycles. The van der Waals surface area contributed by atoms with E-state index >= 15 is 0 Å². The molecule has 2 aliphatic rings. The third kappa shape index (κ3) is 3.84. The first-order valence-electron chi connectivity index (χ1n) is 7.72. The molecule has 0 bridgehead atoms. The lowest BCUT2D eigenvalue weighted by molar-refractivity contribution is 0.265. The van der Waals surface area contributed by atoms with Gasteiger partial charge >= 0.3 is 0 Å². The van der Waals surface area contributed by atoms with Crippen LogP contribution in [0, 0.1) is 11.8 Å². The molecule has 0 amide bonds. The van der Waals surface area contributed by atoms with E-state index in [-0.39, 0.29) is 0 Å². The van der Waals surface area contributed by atoms with E-state index in [1.807, 2.05) is 0 Å². The van der Waals surface area contributed by atoms with E-state index < -0.39 is 0 Å². The summed E-state index contributed by atoms with van der Waals surface area (Å²) in [6, 6.07) is 0.376. The van der Waals surface area contributed by atoms with Crippen molar-refractivity contribution in [3.8, 4) is 0 Å². The van der Waals surface area contributed by atoms with Crippen LogP contribution in [0.4, 0.5) is 0 Å². The third-order valence-corrected chi connectivity index (χ3v) is 4.82. The molecule has 0 radical (unpaired) electrons. The molecule has 0 aromatic rings. The fourth-order valence-electron chi connectivity index (χ4n) is 3.47. The molecule has 1 atom stereocenters. The van der Waals surface area contributed by atoms with Crippen molar-refractivity contribution in [2.75, 3.05) is 0 Å². The lowest BCUT2D eigenvalue weighted by atomic mass is 9.76. The maximum atomic E-state index is 6.52. The second-order valence-corrected chi connectivity index (χ2v) is 6.28. The Bertz CT molecular complexity index is 248. The van der Waals surface area contributed by atoms with Crippen molar-refractivity contribution in [1.82, 2.24) is 0 Å². The van der Waals surface area contributed by atoms with Crippen molar-refractivity contribution in [2.24, 2.45) is 17.6 Å². The van der Waals surface area contributed by atoms with Crippen LogP contribution >= 0.6 is 0 Å². The largest absolute Gasteiger partial charge is 0.324 e. The van der Waals surface area contributed by atoms with Crippen LogP contribution in [0.25, 0.3) is 0 Å². The SMILES string of the molecule is CC1CCC(C(N)C2=CCCCCCC2)CC1. The standard InChI is InChI=1S/C16H29N/c1-13-9-11-15(12-10-13)16(17)14-7-5-3-2-4-6-8-14/h7,13,15-16H,2-6,8-12,17H2,1H3. The van der Waals surface area contributed by atoms with Crippen LogP contribution in [0.2, 0.25) is 0 Å². The Kier molecular flexibility index (Phi) is 5.09. The predicted molar refractivity (Wildman–Crippen MR) is 74.9 cm³/mol.